The molecule has 3 aromatic rings. The van der Waals surface area contributed by atoms with Gasteiger partial charge in [-0.15, -0.1) is 6.42 Å². The molecule has 2 heterocycles. The van der Waals surface area contributed by atoms with Crippen molar-refractivity contribution in [3.8, 4) is 12.3 Å². The molecule has 128 valence electrons. The van der Waals surface area contributed by atoms with Crippen molar-refractivity contribution in [2.24, 2.45) is 10.7 Å². The van der Waals surface area contributed by atoms with Crippen molar-refractivity contribution in [1.82, 2.24) is 19.9 Å². The number of nitrogens with two attached hydrogens (primary N) is 1. The lowest BCUT2D eigenvalue weighted by Gasteiger charge is -2.06. The molecule has 0 aliphatic heterocycles. The van der Waals surface area contributed by atoms with Gasteiger partial charge in [-0.25, -0.2) is 14.5 Å². The summed E-state index contributed by atoms with van der Waals surface area (Å²) in [7, 11) is 0. The van der Waals surface area contributed by atoms with Gasteiger partial charge in [0.2, 0.25) is 0 Å². The molecule has 0 saturated heterocycles. The molecular formula is C19H16N6O. The molecule has 1 amide bonds. The number of hydrogen-bond donors (Lipinski definition) is 2. The average molecular weight is 344 g/mol. The predicted molar refractivity (Wildman–Crippen MR) is 99.9 cm³/mol. The van der Waals surface area contributed by atoms with Crippen molar-refractivity contribution in [3.63, 3.8) is 0 Å². The fourth-order valence-electron chi connectivity index (χ4n) is 2.31. The Balaban J connectivity index is 1.97. The van der Waals surface area contributed by atoms with Crippen LogP contribution in [0.5, 0.6) is 0 Å². The van der Waals surface area contributed by atoms with Gasteiger partial charge in [-0.05, 0) is 31.2 Å². The lowest BCUT2D eigenvalue weighted by Crippen LogP contribution is -2.29. The average Bonchev–Trinajstić information content (AvgIpc) is 3.06. The van der Waals surface area contributed by atoms with Gasteiger partial charge in [0.05, 0.1) is 11.9 Å². The molecule has 1 aromatic carbocycles. The second-order valence-corrected chi connectivity index (χ2v) is 5.45. The summed E-state index contributed by atoms with van der Waals surface area (Å²) in [5.41, 5.74) is 8.19. The topological polar surface area (TPSA) is 97.7 Å². The van der Waals surface area contributed by atoms with Crippen LogP contribution in [0.25, 0.3) is 5.65 Å². The van der Waals surface area contributed by atoms with Crippen LogP contribution in [0.1, 0.15) is 22.8 Å². The Bertz CT molecular complexity index is 1070. The third-order valence-corrected chi connectivity index (χ3v) is 3.43. The van der Waals surface area contributed by atoms with Gasteiger partial charge in [0.1, 0.15) is 11.4 Å². The van der Waals surface area contributed by atoms with Crippen LogP contribution in [0.4, 0.5) is 5.69 Å². The Hall–Kier alpha value is -3.92. The minimum atomic E-state index is -0.395. The number of nitrogens with zero attached hydrogens (tertiary/aromatic N) is 4. The van der Waals surface area contributed by atoms with Crippen LogP contribution in [0.15, 0.2) is 65.7 Å². The number of nitrogens with one attached hydrogen (secondary N) is 1. The van der Waals surface area contributed by atoms with E-state index in [1.807, 2.05) is 12.1 Å². The molecule has 7 heteroatoms. The maximum absolute atomic E-state index is 12.7. The van der Waals surface area contributed by atoms with Gasteiger partial charge in [0.15, 0.2) is 5.65 Å². The summed E-state index contributed by atoms with van der Waals surface area (Å²) < 4.78 is 1.52. The van der Waals surface area contributed by atoms with Crippen molar-refractivity contribution in [2.45, 2.75) is 6.92 Å². The first-order chi connectivity index (χ1) is 12.6. The highest BCUT2D eigenvalue weighted by atomic mass is 16.1. The zero-order chi connectivity index (χ0) is 18.5. The van der Waals surface area contributed by atoms with Crippen molar-refractivity contribution in [2.75, 3.05) is 0 Å². The number of amides is 1. The van der Waals surface area contributed by atoms with Crippen molar-refractivity contribution >= 4 is 23.1 Å². The molecule has 0 aliphatic rings. The third kappa shape index (κ3) is 3.60. The molecule has 26 heavy (non-hydrogen) atoms. The number of rotatable bonds is 3. The van der Waals surface area contributed by atoms with Crippen molar-refractivity contribution in [1.29, 1.82) is 0 Å². The lowest BCUT2D eigenvalue weighted by atomic mass is 10.2. The number of carbonyl (C=O) groups is 1. The normalized spacial score (nSPS) is 12.0. The SMILES string of the molecule is C#Cc1ccccc1N=C(C=C(C)N)NC(=O)c1cnn2cccnc12. The van der Waals surface area contributed by atoms with Crippen molar-refractivity contribution in [3.05, 3.63) is 71.8 Å². The molecule has 3 N–H and O–H groups in total. The van der Waals surface area contributed by atoms with Gasteiger partial charge in [-0.3, -0.25) is 4.79 Å². The first-order valence-corrected chi connectivity index (χ1v) is 7.76. The molecular weight excluding hydrogens is 328 g/mol. The number of hydrogen-bond acceptors (Lipinski definition) is 5. The van der Waals surface area contributed by atoms with E-state index >= 15 is 0 Å². The summed E-state index contributed by atoms with van der Waals surface area (Å²) in [6.45, 7) is 1.70. The monoisotopic (exact) mass is 344 g/mol. The number of fused-ring (bicyclic) bond motifs is 1. The molecule has 0 fully saturated rings. The smallest absolute Gasteiger partial charge is 0.262 e. The van der Waals surface area contributed by atoms with E-state index in [1.54, 1.807) is 43.6 Å². The van der Waals surface area contributed by atoms with E-state index in [1.165, 1.54) is 10.7 Å². The van der Waals surface area contributed by atoms with E-state index in [2.05, 4.69) is 26.3 Å². The maximum atomic E-state index is 12.7. The quantitative estimate of drug-likeness (QED) is 0.431. The molecule has 0 atom stereocenters. The fraction of sp³-hybridized carbons (Fsp3) is 0.0526. The summed E-state index contributed by atoms with van der Waals surface area (Å²) in [4.78, 5) is 21.3. The van der Waals surface area contributed by atoms with Crippen LogP contribution < -0.4 is 11.1 Å². The molecule has 3 rings (SSSR count). The number of terminal acetylenes is 1. The summed E-state index contributed by atoms with van der Waals surface area (Å²) in [5, 5.41) is 6.84. The summed E-state index contributed by atoms with van der Waals surface area (Å²) in [6, 6.07) is 8.89. The zero-order valence-electron chi connectivity index (χ0n) is 14.0. The Morgan fingerprint density at radius 1 is 1.38 bits per heavy atom. The highest BCUT2D eigenvalue weighted by molar-refractivity contribution is 6.13. The molecule has 7 nitrogen and oxygen atoms in total. The summed E-state index contributed by atoms with van der Waals surface area (Å²) >= 11 is 0. The Morgan fingerprint density at radius 2 is 2.19 bits per heavy atom. The standard InChI is InChI=1S/C19H16N6O/c1-3-14-7-4-5-8-16(14)23-17(11-13(2)20)24-19(26)15-12-22-25-10-6-9-21-18(15)25/h1,4-12H,20H2,2H3,(H,23,24,26). The second-order valence-electron chi connectivity index (χ2n) is 5.45. The molecule has 0 bridgehead atoms. The number of benzene rings is 1. The van der Waals surface area contributed by atoms with Crippen LogP contribution >= 0.6 is 0 Å². The van der Waals surface area contributed by atoms with Gasteiger partial charge >= 0.3 is 0 Å². The van der Waals surface area contributed by atoms with Crippen LogP contribution in [-0.2, 0) is 0 Å². The van der Waals surface area contributed by atoms with Crippen LogP contribution in [0.2, 0.25) is 0 Å². The number of para-hydroxylation sites is 1. The maximum Gasteiger partial charge on any atom is 0.262 e. The van der Waals surface area contributed by atoms with E-state index in [4.69, 9.17) is 12.2 Å². The molecule has 0 unspecified atom stereocenters. The van der Waals surface area contributed by atoms with Gasteiger partial charge < -0.3 is 11.1 Å². The highest BCUT2D eigenvalue weighted by Gasteiger charge is 2.15. The first-order valence-electron chi connectivity index (χ1n) is 7.76. The zero-order valence-corrected chi connectivity index (χ0v) is 14.0. The van der Waals surface area contributed by atoms with Crippen LogP contribution in [-0.4, -0.2) is 26.3 Å². The molecule has 0 radical (unpaired) electrons. The fourth-order valence-corrected chi connectivity index (χ4v) is 2.31. The lowest BCUT2D eigenvalue weighted by molar-refractivity contribution is 0.0978. The highest BCUT2D eigenvalue weighted by Crippen LogP contribution is 2.18. The molecule has 0 aliphatic carbocycles. The Labute approximate surface area is 150 Å². The molecule has 0 saturated carbocycles. The van der Waals surface area contributed by atoms with Crippen LogP contribution in [0, 0.1) is 12.3 Å². The number of aromatic nitrogens is 3. The second kappa shape index (κ2) is 7.32. The van der Waals surface area contributed by atoms with Gasteiger partial charge in [0, 0.05) is 23.7 Å². The van der Waals surface area contributed by atoms with E-state index in [0.29, 0.717) is 28.2 Å². The van der Waals surface area contributed by atoms with Gasteiger partial charge in [-0.1, -0.05) is 18.1 Å². The molecule has 0 spiro atoms. The third-order valence-electron chi connectivity index (χ3n) is 3.43. The number of amidine groups is 1. The minimum Gasteiger partial charge on any atom is -0.402 e. The molecule has 2 aromatic heterocycles. The van der Waals surface area contributed by atoms with Crippen molar-refractivity contribution < 1.29 is 4.79 Å². The van der Waals surface area contributed by atoms with E-state index < -0.39 is 5.91 Å². The van der Waals surface area contributed by atoms with E-state index in [-0.39, 0.29) is 5.84 Å². The first kappa shape index (κ1) is 16.9. The van der Waals surface area contributed by atoms with E-state index in [9.17, 15) is 4.79 Å². The Morgan fingerprint density at radius 3 is 2.96 bits per heavy atom. The predicted octanol–water partition coefficient (Wildman–Crippen LogP) is 2.03. The number of allylic oxidation sites excluding steroid dienone is 1. The van der Waals surface area contributed by atoms with Gasteiger partial charge in [0.25, 0.3) is 5.91 Å². The van der Waals surface area contributed by atoms with Crippen LogP contribution in [0.3, 0.4) is 0 Å². The number of carbonyl (C=O) groups excluding carboxylic acids is 1. The van der Waals surface area contributed by atoms with E-state index in [0.717, 1.165) is 0 Å². The summed E-state index contributed by atoms with van der Waals surface area (Å²) in [6.07, 6.45) is 11.8. The summed E-state index contributed by atoms with van der Waals surface area (Å²) in [5.74, 6) is 2.44. The Kier molecular flexibility index (Phi) is 4.76. The minimum absolute atomic E-state index is 0.271. The number of aliphatic imine (C=N–C) groups is 1. The largest absolute Gasteiger partial charge is 0.402 e. The van der Waals surface area contributed by atoms with Gasteiger partial charge in [-0.2, -0.15) is 5.10 Å².